The lowest BCUT2D eigenvalue weighted by Gasteiger charge is -2.51. The van der Waals surface area contributed by atoms with Crippen LogP contribution in [-0.2, 0) is 37.9 Å². The molecule has 14 rings (SSSR count). The van der Waals surface area contributed by atoms with Crippen molar-refractivity contribution in [1.82, 2.24) is 0 Å². The first kappa shape index (κ1) is 55.1. The highest BCUT2D eigenvalue weighted by Crippen LogP contribution is 2.63. The third kappa shape index (κ3) is 7.89. The standard InChI is InChI=1S/C80H90BN3/c1-51-43-52(2)71-68(44-51)84(80(16)38-24-23-37-79(71,80)15)59-47-69-72-70(48-59)83(58-34-35-60-61(46-58)74(5,6)40-39-73(60,3)4)67-50-63-62(75(7,8)41-42-76(63,9)10)49-65(67)81(72)64-45-56(78(13,14)54-27-21-18-22-28-54)31-36-66(64)82(69)57-32-29-55(30-33-57)77(11,12)53-25-19-17-20-26-53/h17-22,25-36,43-50H,23-24,37-42H2,1-16H3. The van der Waals surface area contributed by atoms with E-state index in [1.54, 1.807) is 5.56 Å². The molecule has 0 radical (unpaired) electrons. The van der Waals surface area contributed by atoms with Crippen LogP contribution in [-0.4, -0.2) is 12.3 Å². The number of hydrogen-bond acceptors (Lipinski definition) is 3. The van der Waals surface area contributed by atoms with Crippen molar-refractivity contribution in [1.29, 1.82) is 0 Å². The molecule has 4 heteroatoms. The normalized spacial score (nSPS) is 22.0. The second-order valence-corrected chi connectivity index (χ2v) is 31.2. The zero-order chi connectivity index (χ0) is 59.1. The van der Waals surface area contributed by atoms with Crippen LogP contribution >= 0.6 is 0 Å². The Kier molecular flexibility index (Phi) is 12.1. The van der Waals surface area contributed by atoms with Gasteiger partial charge in [-0.3, -0.25) is 0 Å². The van der Waals surface area contributed by atoms with Gasteiger partial charge in [0.25, 0.3) is 6.71 Å². The van der Waals surface area contributed by atoms with Crippen molar-refractivity contribution in [2.24, 2.45) is 0 Å². The maximum absolute atomic E-state index is 2.88. The molecule has 0 N–H and O–H groups in total. The van der Waals surface area contributed by atoms with Crippen LogP contribution in [0.1, 0.15) is 209 Å². The maximum atomic E-state index is 2.88. The number of anilines is 8. The second kappa shape index (κ2) is 18.4. The molecular weight excluding hydrogens is 1010 g/mol. The highest BCUT2D eigenvalue weighted by atomic mass is 15.3. The predicted molar refractivity (Wildman–Crippen MR) is 360 cm³/mol. The fourth-order valence-corrected chi connectivity index (χ4v) is 17.7. The number of benzene rings is 8. The van der Waals surface area contributed by atoms with E-state index in [1.165, 1.54) is 143 Å². The van der Waals surface area contributed by atoms with Crippen molar-refractivity contribution in [2.45, 2.75) is 206 Å². The Bertz CT molecular complexity index is 3990. The molecule has 0 bridgehead atoms. The van der Waals surface area contributed by atoms with Crippen molar-refractivity contribution in [2.75, 3.05) is 14.7 Å². The zero-order valence-electron chi connectivity index (χ0n) is 53.6. The van der Waals surface area contributed by atoms with E-state index in [2.05, 4.69) is 283 Å². The van der Waals surface area contributed by atoms with Crippen LogP contribution in [0.15, 0.2) is 158 Å². The van der Waals surface area contributed by atoms with Gasteiger partial charge in [-0.25, -0.2) is 0 Å². The molecule has 3 aliphatic carbocycles. The first-order valence-corrected chi connectivity index (χ1v) is 32.1. The van der Waals surface area contributed by atoms with Gasteiger partial charge in [-0.1, -0.05) is 206 Å². The van der Waals surface area contributed by atoms with Gasteiger partial charge in [0.1, 0.15) is 0 Å². The molecule has 8 aromatic carbocycles. The summed E-state index contributed by atoms with van der Waals surface area (Å²) >= 11 is 0. The summed E-state index contributed by atoms with van der Waals surface area (Å²) in [5.74, 6) is 0. The van der Waals surface area contributed by atoms with Gasteiger partial charge in [0, 0.05) is 61.7 Å². The van der Waals surface area contributed by atoms with E-state index in [4.69, 9.17) is 0 Å². The molecule has 3 aliphatic heterocycles. The summed E-state index contributed by atoms with van der Waals surface area (Å²) in [7, 11) is 0. The van der Waals surface area contributed by atoms with E-state index in [0.717, 1.165) is 25.7 Å². The minimum Gasteiger partial charge on any atom is -0.334 e. The smallest absolute Gasteiger partial charge is 0.252 e. The fraction of sp³-hybridized carbons (Fsp3) is 0.400. The molecule has 0 amide bonds. The third-order valence-electron chi connectivity index (χ3n) is 23.5. The molecule has 0 spiro atoms. The molecule has 8 aromatic rings. The van der Waals surface area contributed by atoms with E-state index in [9.17, 15) is 0 Å². The summed E-state index contributed by atoms with van der Waals surface area (Å²) in [4.78, 5) is 8.36. The molecule has 6 aliphatic rings. The molecule has 428 valence electrons. The SMILES string of the molecule is Cc1cc(C)c2c(c1)N(c1cc3c4c(c1)N(c1ccc5c(c1)C(C)(C)CCC5(C)C)c1cc5c(cc1B4c1cc(C(C)(C)c4ccccc4)ccc1N3c1ccc(C(C)(C)c3ccccc3)cc1)C(C)(C)CCC5(C)C)C1(C)CCCCC21C. The molecule has 0 saturated heterocycles. The van der Waals surface area contributed by atoms with Crippen LogP contribution < -0.4 is 31.1 Å². The summed E-state index contributed by atoms with van der Waals surface area (Å²) in [5.41, 5.74) is 29.6. The lowest BCUT2D eigenvalue weighted by molar-refractivity contribution is 0.194. The first-order valence-electron chi connectivity index (χ1n) is 32.1. The number of hydrogen-bond donors (Lipinski definition) is 0. The summed E-state index contributed by atoms with van der Waals surface area (Å²) in [6.45, 7) is 39.5. The van der Waals surface area contributed by atoms with Crippen LogP contribution in [0.4, 0.5) is 45.5 Å². The summed E-state index contributed by atoms with van der Waals surface area (Å²) in [5, 5.41) is 0. The van der Waals surface area contributed by atoms with Crippen molar-refractivity contribution in [3.63, 3.8) is 0 Å². The minimum atomic E-state index is -0.255. The molecule has 1 fully saturated rings. The van der Waals surface area contributed by atoms with Crippen molar-refractivity contribution in [3.05, 3.63) is 219 Å². The highest BCUT2D eigenvalue weighted by molar-refractivity contribution is 7.00. The quantitative estimate of drug-likeness (QED) is 0.147. The molecule has 3 heterocycles. The van der Waals surface area contributed by atoms with Gasteiger partial charge in [0.2, 0.25) is 0 Å². The van der Waals surface area contributed by atoms with Crippen LogP contribution in [0.5, 0.6) is 0 Å². The van der Waals surface area contributed by atoms with E-state index in [0.29, 0.717) is 0 Å². The van der Waals surface area contributed by atoms with Gasteiger partial charge in [-0.2, -0.15) is 0 Å². The van der Waals surface area contributed by atoms with Crippen molar-refractivity contribution >= 4 is 68.6 Å². The third-order valence-corrected chi connectivity index (χ3v) is 23.5. The number of nitrogens with zero attached hydrogens (tertiary/aromatic N) is 3. The molecule has 2 unspecified atom stereocenters. The van der Waals surface area contributed by atoms with Gasteiger partial charge in [0.05, 0.1) is 5.54 Å². The summed E-state index contributed by atoms with van der Waals surface area (Å²) in [6, 6.07) is 63.1. The Morgan fingerprint density at radius 1 is 0.381 bits per heavy atom. The summed E-state index contributed by atoms with van der Waals surface area (Å²) < 4.78 is 0. The van der Waals surface area contributed by atoms with Crippen LogP contribution in [0.25, 0.3) is 0 Å². The van der Waals surface area contributed by atoms with E-state index < -0.39 is 0 Å². The fourth-order valence-electron chi connectivity index (χ4n) is 17.7. The molecule has 2 atom stereocenters. The van der Waals surface area contributed by atoms with Crippen molar-refractivity contribution in [3.8, 4) is 0 Å². The van der Waals surface area contributed by atoms with Gasteiger partial charge >= 0.3 is 0 Å². The molecule has 3 nitrogen and oxygen atoms in total. The van der Waals surface area contributed by atoms with Gasteiger partial charge < -0.3 is 14.7 Å². The highest BCUT2D eigenvalue weighted by Gasteiger charge is 2.59. The largest absolute Gasteiger partial charge is 0.334 e. The lowest BCUT2D eigenvalue weighted by atomic mass is 9.33. The van der Waals surface area contributed by atoms with E-state index >= 15 is 0 Å². The minimum absolute atomic E-state index is 0.00507. The average molecular weight is 1100 g/mol. The Balaban J connectivity index is 1.12. The van der Waals surface area contributed by atoms with Crippen LogP contribution in [0.2, 0.25) is 0 Å². The number of fused-ring (bicyclic) bond motifs is 9. The number of aryl methyl sites for hydroxylation is 2. The topological polar surface area (TPSA) is 9.72 Å². The predicted octanol–water partition coefficient (Wildman–Crippen LogP) is 19.5. The lowest BCUT2D eigenvalue weighted by Crippen LogP contribution is -2.62. The Labute approximate surface area is 505 Å². The molecule has 84 heavy (non-hydrogen) atoms. The Hall–Kier alpha value is -6.78. The molecular formula is C80H90BN3. The van der Waals surface area contributed by atoms with Crippen LogP contribution in [0, 0.1) is 13.8 Å². The maximum Gasteiger partial charge on any atom is 0.252 e. The molecule has 1 saturated carbocycles. The first-order chi connectivity index (χ1) is 39.7. The van der Waals surface area contributed by atoms with Gasteiger partial charge in [0.15, 0.2) is 0 Å². The summed E-state index contributed by atoms with van der Waals surface area (Å²) in [6.07, 6.45) is 9.45. The van der Waals surface area contributed by atoms with E-state index in [1.807, 2.05) is 0 Å². The Morgan fingerprint density at radius 2 is 0.869 bits per heavy atom. The molecule has 0 aromatic heterocycles. The number of rotatable bonds is 7. The van der Waals surface area contributed by atoms with Crippen molar-refractivity contribution < 1.29 is 0 Å². The van der Waals surface area contributed by atoms with Gasteiger partial charge in [-0.15, -0.1) is 0 Å². The average Bonchev–Trinajstić information content (AvgIpc) is 1.45. The monoisotopic (exact) mass is 1100 g/mol. The Morgan fingerprint density at radius 3 is 1.48 bits per heavy atom. The van der Waals surface area contributed by atoms with Gasteiger partial charge in [-0.05, 0) is 213 Å². The van der Waals surface area contributed by atoms with E-state index in [-0.39, 0.29) is 50.2 Å². The van der Waals surface area contributed by atoms with Crippen LogP contribution in [0.3, 0.4) is 0 Å². The second-order valence-electron chi connectivity index (χ2n) is 31.2. The zero-order valence-corrected chi connectivity index (χ0v) is 53.6.